The molecule has 0 aliphatic carbocycles. The summed E-state index contributed by atoms with van der Waals surface area (Å²) < 4.78 is 35.8. The van der Waals surface area contributed by atoms with E-state index in [1.54, 1.807) is 0 Å². The van der Waals surface area contributed by atoms with Crippen LogP contribution in [0.4, 0.5) is 0 Å². The smallest absolute Gasteiger partial charge is 0.337 e. The first-order valence-corrected chi connectivity index (χ1v) is 7.22. The van der Waals surface area contributed by atoms with Gasteiger partial charge >= 0.3 is 11.9 Å². The Balaban J connectivity index is 3.31. The average molecular weight is 317 g/mol. The van der Waals surface area contributed by atoms with Gasteiger partial charge in [-0.2, -0.15) is 4.72 Å². The van der Waals surface area contributed by atoms with Crippen LogP contribution in [-0.4, -0.2) is 45.7 Å². The number of carbonyl (C=O) groups excluding carboxylic acids is 1. The van der Waals surface area contributed by atoms with E-state index in [4.69, 9.17) is 9.84 Å². The van der Waals surface area contributed by atoms with Crippen molar-refractivity contribution in [1.29, 1.82) is 0 Å². The van der Waals surface area contributed by atoms with E-state index in [0.29, 0.717) is 0 Å². The van der Waals surface area contributed by atoms with Crippen molar-refractivity contribution in [3.8, 4) is 5.75 Å². The highest BCUT2D eigenvalue weighted by Crippen LogP contribution is 2.25. The van der Waals surface area contributed by atoms with Crippen LogP contribution in [0.25, 0.3) is 0 Å². The van der Waals surface area contributed by atoms with Gasteiger partial charge in [0.25, 0.3) is 0 Å². The molecule has 1 aromatic rings. The summed E-state index contributed by atoms with van der Waals surface area (Å²) in [6.45, 7) is 1.18. The summed E-state index contributed by atoms with van der Waals surface area (Å²) in [7, 11) is -1.76. The number of carbonyl (C=O) groups is 2. The molecule has 0 saturated carbocycles. The normalized spacial score (nSPS) is 12.5. The summed E-state index contributed by atoms with van der Waals surface area (Å²) in [4.78, 5) is 21.9. The van der Waals surface area contributed by atoms with Gasteiger partial charge in [0.15, 0.2) is 0 Å². The van der Waals surface area contributed by atoms with Crippen LogP contribution in [-0.2, 0) is 19.6 Å². The van der Waals surface area contributed by atoms with E-state index < -0.39 is 28.0 Å². The number of methoxy groups -OCH3 is 2. The molecule has 0 radical (unpaired) electrons. The lowest BCUT2D eigenvalue weighted by atomic mass is 10.2. The number of aliphatic carboxylic acids is 1. The van der Waals surface area contributed by atoms with Crippen molar-refractivity contribution in [3.05, 3.63) is 23.8 Å². The van der Waals surface area contributed by atoms with Crippen LogP contribution >= 0.6 is 0 Å². The molecule has 0 aromatic heterocycles. The van der Waals surface area contributed by atoms with Crippen LogP contribution in [0.5, 0.6) is 5.75 Å². The molecular weight excluding hydrogens is 302 g/mol. The molecule has 0 fully saturated rings. The van der Waals surface area contributed by atoms with Gasteiger partial charge in [0.1, 0.15) is 16.7 Å². The van der Waals surface area contributed by atoms with E-state index in [-0.39, 0.29) is 16.2 Å². The lowest BCUT2D eigenvalue weighted by Gasteiger charge is -2.13. The van der Waals surface area contributed by atoms with Crippen molar-refractivity contribution >= 4 is 22.0 Å². The van der Waals surface area contributed by atoms with Crippen molar-refractivity contribution in [2.45, 2.75) is 17.9 Å². The molecule has 0 saturated heterocycles. The molecule has 0 aliphatic rings. The fourth-order valence-electron chi connectivity index (χ4n) is 1.48. The van der Waals surface area contributed by atoms with E-state index in [9.17, 15) is 18.0 Å². The van der Waals surface area contributed by atoms with Gasteiger partial charge in [-0.25, -0.2) is 13.2 Å². The van der Waals surface area contributed by atoms with E-state index in [1.807, 2.05) is 4.72 Å². The van der Waals surface area contributed by atoms with Crippen LogP contribution in [0.1, 0.15) is 17.3 Å². The van der Waals surface area contributed by atoms with Gasteiger partial charge in [0, 0.05) is 0 Å². The monoisotopic (exact) mass is 317 g/mol. The third kappa shape index (κ3) is 3.92. The summed E-state index contributed by atoms with van der Waals surface area (Å²) in [5.74, 6) is -2.07. The van der Waals surface area contributed by atoms with Crippen LogP contribution in [0.3, 0.4) is 0 Å². The van der Waals surface area contributed by atoms with Gasteiger partial charge in [0.05, 0.1) is 19.8 Å². The van der Waals surface area contributed by atoms with Crippen molar-refractivity contribution in [2.75, 3.05) is 14.2 Å². The zero-order valence-electron chi connectivity index (χ0n) is 11.6. The highest BCUT2D eigenvalue weighted by molar-refractivity contribution is 7.89. The van der Waals surface area contributed by atoms with Crippen LogP contribution in [0.15, 0.2) is 23.1 Å². The minimum absolute atomic E-state index is 0.00153. The molecule has 0 heterocycles. The maximum Gasteiger partial charge on any atom is 0.337 e. The van der Waals surface area contributed by atoms with Gasteiger partial charge < -0.3 is 14.6 Å². The number of carboxylic acid groups (broad SMARTS) is 1. The quantitative estimate of drug-likeness (QED) is 0.721. The minimum Gasteiger partial charge on any atom is -0.495 e. The zero-order chi connectivity index (χ0) is 16.2. The summed E-state index contributed by atoms with van der Waals surface area (Å²) in [5.41, 5.74) is 0.00153. The van der Waals surface area contributed by atoms with E-state index in [0.717, 1.165) is 13.2 Å². The number of carboxylic acids is 1. The van der Waals surface area contributed by atoms with Crippen LogP contribution in [0, 0.1) is 0 Å². The molecule has 0 amide bonds. The molecule has 2 N–H and O–H groups in total. The van der Waals surface area contributed by atoms with Crippen molar-refractivity contribution < 1.29 is 32.6 Å². The first-order valence-electron chi connectivity index (χ1n) is 5.74. The Bertz CT molecular complexity index is 654. The van der Waals surface area contributed by atoms with Gasteiger partial charge in [-0.3, -0.25) is 4.79 Å². The number of hydrogen-bond acceptors (Lipinski definition) is 6. The summed E-state index contributed by atoms with van der Waals surface area (Å²) in [6, 6.07) is 2.35. The molecule has 1 rings (SSSR count). The second-order valence-electron chi connectivity index (χ2n) is 4.04. The number of hydrogen-bond donors (Lipinski definition) is 2. The standard InChI is InChI=1S/C12H15NO7S/c1-7(11(14)15)13-21(17,18)10-6-8(12(16)20-3)4-5-9(10)19-2/h4-7,13H,1-3H3,(H,14,15). The average Bonchev–Trinajstić information content (AvgIpc) is 2.45. The van der Waals surface area contributed by atoms with Crippen LogP contribution in [0.2, 0.25) is 0 Å². The summed E-state index contributed by atoms with van der Waals surface area (Å²) >= 11 is 0. The number of sulfonamides is 1. The Labute approximate surface area is 121 Å². The Morgan fingerprint density at radius 2 is 1.90 bits per heavy atom. The third-order valence-corrected chi connectivity index (χ3v) is 4.14. The topological polar surface area (TPSA) is 119 Å². The summed E-state index contributed by atoms with van der Waals surface area (Å²) in [5, 5.41) is 8.77. The minimum atomic E-state index is -4.18. The van der Waals surface area contributed by atoms with Crippen molar-refractivity contribution in [1.82, 2.24) is 4.72 Å². The van der Waals surface area contributed by atoms with Crippen molar-refractivity contribution in [2.24, 2.45) is 0 Å². The molecule has 0 aliphatic heterocycles. The van der Waals surface area contributed by atoms with E-state index in [1.165, 1.54) is 26.2 Å². The second-order valence-corrected chi connectivity index (χ2v) is 5.72. The molecule has 0 spiro atoms. The third-order valence-electron chi connectivity index (χ3n) is 2.58. The van der Waals surface area contributed by atoms with Gasteiger partial charge in [-0.15, -0.1) is 0 Å². The molecule has 21 heavy (non-hydrogen) atoms. The summed E-state index contributed by atoms with van der Waals surface area (Å²) in [6.07, 6.45) is 0. The Hall–Kier alpha value is -2.13. The number of benzene rings is 1. The van der Waals surface area contributed by atoms with Crippen LogP contribution < -0.4 is 9.46 Å². The number of nitrogens with one attached hydrogen (secondary N) is 1. The van der Waals surface area contributed by atoms with E-state index in [2.05, 4.69) is 4.74 Å². The fourth-order valence-corrected chi connectivity index (χ4v) is 2.87. The fraction of sp³-hybridized carbons (Fsp3) is 0.333. The lowest BCUT2D eigenvalue weighted by molar-refractivity contribution is -0.138. The molecule has 116 valence electrons. The highest BCUT2D eigenvalue weighted by atomic mass is 32.2. The SMILES string of the molecule is COC(=O)c1ccc(OC)c(S(=O)(=O)NC(C)C(=O)O)c1. The second kappa shape index (κ2) is 6.55. The molecule has 8 nitrogen and oxygen atoms in total. The predicted molar refractivity (Wildman–Crippen MR) is 71.8 cm³/mol. The number of rotatable bonds is 6. The number of esters is 1. The van der Waals surface area contributed by atoms with Gasteiger partial charge in [0.2, 0.25) is 10.0 Å². The molecule has 0 bridgehead atoms. The molecule has 1 aromatic carbocycles. The highest BCUT2D eigenvalue weighted by Gasteiger charge is 2.26. The molecule has 9 heteroatoms. The molecular formula is C12H15NO7S. The zero-order valence-corrected chi connectivity index (χ0v) is 12.4. The molecule has 1 atom stereocenters. The van der Waals surface area contributed by atoms with Crippen molar-refractivity contribution in [3.63, 3.8) is 0 Å². The Morgan fingerprint density at radius 1 is 1.29 bits per heavy atom. The van der Waals surface area contributed by atoms with Gasteiger partial charge in [-0.1, -0.05) is 0 Å². The largest absolute Gasteiger partial charge is 0.495 e. The van der Waals surface area contributed by atoms with Gasteiger partial charge in [-0.05, 0) is 25.1 Å². The maximum absolute atomic E-state index is 12.2. The molecule has 1 unspecified atom stereocenters. The van der Waals surface area contributed by atoms with E-state index >= 15 is 0 Å². The lowest BCUT2D eigenvalue weighted by Crippen LogP contribution is -2.38. The first-order chi connectivity index (χ1) is 9.72. The predicted octanol–water partition coefficient (Wildman–Crippen LogP) is 0.233. The first kappa shape index (κ1) is 16.9. The Kier molecular flexibility index (Phi) is 5.28. The number of ether oxygens (including phenoxy) is 2. The Morgan fingerprint density at radius 3 is 2.38 bits per heavy atom. The maximum atomic E-state index is 12.2.